The fraction of sp³-hybridized carbons (Fsp3) is 0.316. The maximum absolute atomic E-state index is 15.5. The van der Waals surface area contributed by atoms with Crippen molar-refractivity contribution in [3.63, 3.8) is 0 Å². The van der Waals surface area contributed by atoms with Crippen LogP contribution in [0.5, 0.6) is 5.75 Å². The third-order valence-corrected chi connectivity index (χ3v) is 5.77. The summed E-state index contributed by atoms with van der Waals surface area (Å²) in [6, 6.07) is 11.3. The zero-order valence-electron chi connectivity index (χ0n) is 14.4. The molecule has 2 aliphatic rings. The fourth-order valence-electron chi connectivity index (χ4n) is 4.03. The van der Waals surface area contributed by atoms with Gasteiger partial charge >= 0.3 is 0 Å². The molecule has 2 aromatic rings. The number of rotatable bonds is 7. The Labute approximate surface area is 160 Å². The van der Waals surface area contributed by atoms with E-state index in [2.05, 4.69) is 5.18 Å². The highest BCUT2D eigenvalue weighted by atomic mass is 32.2. The molecule has 6 nitrogen and oxygen atoms in total. The van der Waals surface area contributed by atoms with Crippen LogP contribution in [0, 0.1) is 10.7 Å². The highest BCUT2D eigenvalue weighted by Gasteiger charge is 2.46. The van der Waals surface area contributed by atoms with Gasteiger partial charge in [0.2, 0.25) is 0 Å². The molecular formula is C19H18FN3O3S. The van der Waals surface area contributed by atoms with E-state index in [1.54, 1.807) is 6.07 Å². The van der Waals surface area contributed by atoms with Gasteiger partial charge < -0.3 is 4.74 Å². The maximum Gasteiger partial charge on any atom is 0.163 e. The van der Waals surface area contributed by atoms with Crippen LogP contribution in [0.2, 0.25) is 0 Å². The lowest BCUT2D eigenvalue weighted by atomic mass is 9.89. The van der Waals surface area contributed by atoms with Crippen molar-refractivity contribution in [2.45, 2.75) is 31.3 Å². The minimum Gasteiger partial charge on any atom is -0.487 e. The molecule has 140 valence electrons. The molecule has 2 N–H and O–H groups in total. The van der Waals surface area contributed by atoms with Gasteiger partial charge in [0, 0.05) is 30.0 Å². The van der Waals surface area contributed by atoms with Gasteiger partial charge in [-0.2, -0.15) is 0 Å². The second-order valence-corrected chi connectivity index (χ2v) is 7.38. The zero-order chi connectivity index (χ0) is 19.0. The first kappa shape index (κ1) is 17.9. The van der Waals surface area contributed by atoms with Crippen molar-refractivity contribution in [2.24, 2.45) is 10.3 Å². The summed E-state index contributed by atoms with van der Waals surface area (Å²) in [5.41, 5.74) is 2.24. The Balaban J connectivity index is 1.77. The van der Waals surface area contributed by atoms with Crippen molar-refractivity contribution in [1.82, 2.24) is 0 Å². The van der Waals surface area contributed by atoms with Crippen molar-refractivity contribution < 1.29 is 13.9 Å². The monoisotopic (exact) mass is 387 g/mol. The summed E-state index contributed by atoms with van der Waals surface area (Å²) in [5, 5.41) is 8.47. The van der Waals surface area contributed by atoms with Crippen LogP contribution in [0.1, 0.15) is 41.4 Å². The molecule has 2 atom stereocenters. The number of halogens is 1. The fourth-order valence-corrected chi connectivity index (χ4v) is 4.42. The first-order chi connectivity index (χ1) is 13.1. The number of ketones is 1. The first-order valence-corrected chi connectivity index (χ1v) is 9.47. The smallest absolute Gasteiger partial charge is 0.163 e. The van der Waals surface area contributed by atoms with Gasteiger partial charge in [-0.3, -0.25) is 14.2 Å². The van der Waals surface area contributed by atoms with E-state index >= 15 is 4.39 Å². The molecular weight excluding hydrogens is 369 g/mol. The van der Waals surface area contributed by atoms with E-state index < -0.39 is 11.7 Å². The highest BCUT2D eigenvalue weighted by Crippen LogP contribution is 2.55. The van der Waals surface area contributed by atoms with Crippen molar-refractivity contribution in [3.05, 3.63) is 63.8 Å². The van der Waals surface area contributed by atoms with Gasteiger partial charge in [0.25, 0.3) is 0 Å². The summed E-state index contributed by atoms with van der Waals surface area (Å²) in [5.74, 6) is -0.561. The molecule has 0 heterocycles. The number of nitrogens with zero attached hydrogens (tertiary/aromatic N) is 2. The first-order valence-electron chi connectivity index (χ1n) is 8.63. The van der Waals surface area contributed by atoms with Crippen LogP contribution in [0.4, 0.5) is 10.1 Å². The number of fused-ring (bicyclic) bond motifs is 5. The summed E-state index contributed by atoms with van der Waals surface area (Å²) >= 11 is 0.699. The van der Waals surface area contributed by atoms with Crippen molar-refractivity contribution in [1.29, 1.82) is 0 Å². The average Bonchev–Trinajstić information content (AvgIpc) is 3.23. The molecule has 0 aromatic heterocycles. The third kappa shape index (κ3) is 3.08. The lowest BCUT2D eigenvalue weighted by Gasteiger charge is -2.25. The molecule has 2 aromatic carbocycles. The van der Waals surface area contributed by atoms with E-state index in [1.165, 1.54) is 4.31 Å². The predicted octanol–water partition coefficient (Wildman–Crippen LogP) is 4.00. The van der Waals surface area contributed by atoms with Gasteiger partial charge in [0.05, 0.1) is 0 Å². The molecule has 0 spiro atoms. The van der Waals surface area contributed by atoms with Crippen LogP contribution in [0.15, 0.2) is 41.6 Å². The number of benzene rings is 2. The number of carbonyl (C=O) groups is 1. The molecule has 0 radical (unpaired) electrons. The molecule has 0 amide bonds. The minimum atomic E-state index is -0.544. The predicted molar refractivity (Wildman–Crippen MR) is 102 cm³/mol. The van der Waals surface area contributed by atoms with E-state index in [-0.39, 0.29) is 30.7 Å². The van der Waals surface area contributed by atoms with Crippen LogP contribution in [-0.2, 0) is 11.4 Å². The number of anilines is 1. The molecule has 4 rings (SSSR count). The van der Waals surface area contributed by atoms with E-state index in [4.69, 9.17) is 9.88 Å². The van der Waals surface area contributed by atoms with Crippen LogP contribution in [0.25, 0.3) is 0 Å². The molecule has 0 saturated heterocycles. The second kappa shape index (κ2) is 7.28. The molecule has 8 heteroatoms. The van der Waals surface area contributed by atoms with Gasteiger partial charge in [0.1, 0.15) is 23.8 Å². The summed E-state index contributed by atoms with van der Waals surface area (Å²) in [7, 11) is 0. The molecule has 2 bridgehead atoms. The number of ether oxygens (including phenoxy) is 1. The Kier molecular flexibility index (Phi) is 4.84. The van der Waals surface area contributed by atoms with E-state index in [1.807, 2.05) is 30.3 Å². The molecule has 1 fully saturated rings. The lowest BCUT2D eigenvalue weighted by Crippen LogP contribution is -2.21. The quantitative estimate of drug-likeness (QED) is 0.571. The Hall–Kier alpha value is -2.45. The number of carbonyl (C=O) groups excluding carboxylic acids is 1. The largest absolute Gasteiger partial charge is 0.487 e. The topological polar surface area (TPSA) is 85.0 Å². The SMILES string of the molecule is NSN(CN=O)c1c(OCc2ccccc2)cc2c(c1F)C1CC2CC1=O. The average molecular weight is 387 g/mol. The van der Waals surface area contributed by atoms with Crippen LogP contribution in [-0.4, -0.2) is 12.5 Å². The zero-order valence-corrected chi connectivity index (χ0v) is 15.2. The minimum absolute atomic E-state index is 0.0308. The van der Waals surface area contributed by atoms with Crippen molar-refractivity contribution in [2.75, 3.05) is 11.0 Å². The standard InChI is InChI=1S/C19H18FN3O3S/c20-18-17-13(12-6-14(17)15(24)7-12)8-16(19(18)23(27-21)10-22-25)26-9-11-4-2-1-3-5-11/h1-5,8,12,14H,6-7,9-10,21H2. The summed E-state index contributed by atoms with van der Waals surface area (Å²) < 4.78 is 22.6. The molecule has 1 saturated carbocycles. The van der Waals surface area contributed by atoms with E-state index in [0.29, 0.717) is 36.3 Å². The molecule has 2 unspecified atom stereocenters. The highest BCUT2D eigenvalue weighted by molar-refractivity contribution is 7.98. The van der Waals surface area contributed by atoms with Gasteiger partial charge in [-0.15, -0.1) is 4.91 Å². The number of hydrogen-bond donors (Lipinski definition) is 1. The number of Topliss-reactive ketones (excluding diaryl/α,β-unsaturated/α-hetero) is 1. The maximum atomic E-state index is 15.5. The van der Waals surface area contributed by atoms with Crippen LogP contribution < -0.4 is 14.2 Å². The second-order valence-electron chi connectivity index (χ2n) is 6.72. The van der Waals surface area contributed by atoms with Crippen molar-refractivity contribution in [3.8, 4) is 5.75 Å². The molecule has 27 heavy (non-hydrogen) atoms. The lowest BCUT2D eigenvalue weighted by molar-refractivity contribution is -0.119. The van der Waals surface area contributed by atoms with E-state index in [0.717, 1.165) is 11.1 Å². The van der Waals surface area contributed by atoms with Crippen molar-refractivity contribution >= 4 is 23.6 Å². The summed E-state index contributed by atoms with van der Waals surface area (Å²) in [4.78, 5) is 22.9. The van der Waals surface area contributed by atoms with Gasteiger partial charge in [-0.1, -0.05) is 30.3 Å². The number of nitroso groups, excluding NO2 is 1. The number of nitrogens with two attached hydrogens (primary N) is 1. The Bertz CT molecular complexity index is 894. The van der Waals surface area contributed by atoms with E-state index in [9.17, 15) is 9.70 Å². The Morgan fingerprint density at radius 2 is 2.11 bits per heavy atom. The summed E-state index contributed by atoms with van der Waals surface area (Å²) in [6.45, 7) is -0.0860. The Morgan fingerprint density at radius 1 is 1.33 bits per heavy atom. The summed E-state index contributed by atoms with van der Waals surface area (Å²) in [6.07, 6.45) is 1.08. The third-order valence-electron chi connectivity index (χ3n) is 5.22. The molecule has 2 aliphatic carbocycles. The van der Waals surface area contributed by atoms with Gasteiger partial charge in [-0.05, 0) is 34.7 Å². The van der Waals surface area contributed by atoms with Gasteiger partial charge in [-0.25, -0.2) is 4.39 Å². The number of hydrogen-bond acceptors (Lipinski definition) is 7. The normalized spacial score (nSPS) is 19.9. The molecule has 0 aliphatic heterocycles. The van der Waals surface area contributed by atoms with Crippen LogP contribution >= 0.6 is 12.1 Å². The van der Waals surface area contributed by atoms with Crippen LogP contribution in [0.3, 0.4) is 0 Å². The van der Waals surface area contributed by atoms with Gasteiger partial charge in [0.15, 0.2) is 12.5 Å². The Morgan fingerprint density at radius 3 is 2.81 bits per heavy atom.